The van der Waals surface area contributed by atoms with Gasteiger partial charge in [-0.25, -0.2) is 0 Å². The van der Waals surface area contributed by atoms with Gasteiger partial charge in [0, 0.05) is 21.8 Å². The molecule has 9 rings (SSSR count). The normalized spacial score (nSPS) is 13.7. The predicted molar refractivity (Wildman–Crippen MR) is 213 cm³/mol. The van der Waals surface area contributed by atoms with Crippen molar-refractivity contribution in [1.82, 2.24) is 0 Å². The minimum absolute atomic E-state index is 0.169. The standard InChI is InChI=1S/C49H40O/c1-30-24-31(2)46(32(3)25-30)42-29-44-47(39-18-10-9-16-37(39)42)41-23-22-34(28-43(41)49(44,4)5)27-35(26-33-14-7-6-8-15-33)36-19-13-20-40-38-17-11-12-21-45(38)50-48(36)40/h6-25,27-29H,26H2,1-5H3/b35-27-. The van der Waals surface area contributed by atoms with Crippen LogP contribution in [0, 0.1) is 20.8 Å². The Hall–Kier alpha value is -5.66. The van der Waals surface area contributed by atoms with Crippen LogP contribution in [-0.2, 0) is 11.8 Å². The average molecular weight is 645 g/mol. The SMILES string of the molecule is Cc1cc(C)c(-c2cc3c(c4ccccc24)-c2ccc(/C=C(/Cc4ccccc4)c4cccc5c4oc4ccccc45)cc2C3(C)C)c(C)c1. The van der Waals surface area contributed by atoms with Gasteiger partial charge in [0.25, 0.3) is 0 Å². The van der Waals surface area contributed by atoms with Crippen LogP contribution in [0.3, 0.4) is 0 Å². The lowest BCUT2D eigenvalue weighted by atomic mass is 9.79. The number of hydrogen-bond donors (Lipinski definition) is 0. The average Bonchev–Trinajstić information content (AvgIpc) is 3.60. The Morgan fingerprint density at radius 2 is 1.26 bits per heavy atom. The number of aryl methyl sites for hydroxylation is 3. The van der Waals surface area contributed by atoms with E-state index in [4.69, 9.17) is 4.42 Å². The summed E-state index contributed by atoms with van der Waals surface area (Å²) in [6.07, 6.45) is 3.19. The lowest BCUT2D eigenvalue weighted by Crippen LogP contribution is -2.15. The Morgan fingerprint density at radius 1 is 0.580 bits per heavy atom. The van der Waals surface area contributed by atoms with Gasteiger partial charge in [-0.05, 0) is 111 Å². The van der Waals surface area contributed by atoms with Crippen molar-refractivity contribution in [2.75, 3.05) is 0 Å². The number of furan rings is 1. The van der Waals surface area contributed by atoms with Gasteiger partial charge in [-0.15, -0.1) is 0 Å². The van der Waals surface area contributed by atoms with Crippen LogP contribution in [0.25, 0.3) is 66.6 Å². The summed E-state index contributed by atoms with van der Waals surface area (Å²) in [7, 11) is 0. The predicted octanol–water partition coefficient (Wildman–Crippen LogP) is 13.4. The first-order chi connectivity index (χ1) is 24.3. The van der Waals surface area contributed by atoms with Crippen LogP contribution < -0.4 is 0 Å². The highest BCUT2D eigenvalue weighted by Gasteiger charge is 2.37. The molecule has 1 aliphatic rings. The quantitative estimate of drug-likeness (QED) is 0.170. The van der Waals surface area contributed by atoms with Gasteiger partial charge in [-0.2, -0.15) is 0 Å². The van der Waals surface area contributed by atoms with E-state index in [0.717, 1.165) is 33.9 Å². The molecule has 8 aromatic rings. The first kappa shape index (κ1) is 30.4. The summed E-state index contributed by atoms with van der Waals surface area (Å²) < 4.78 is 6.56. The molecule has 0 fully saturated rings. The molecule has 1 heterocycles. The van der Waals surface area contributed by atoms with Crippen LogP contribution in [0.2, 0.25) is 0 Å². The Labute approximate surface area is 294 Å². The molecule has 0 unspecified atom stereocenters. The molecule has 0 saturated carbocycles. The third-order valence-electron chi connectivity index (χ3n) is 11.0. The summed E-state index contributed by atoms with van der Waals surface area (Å²) in [6.45, 7) is 11.5. The van der Waals surface area contributed by atoms with Crippen molar-refractivity contribution >= 4 is 44.4 Å². The first-order valence-corrected chi connectivity index (χ1v) is 17.7. The zero-order valence-corrected chi connectivity index (χ0v) is 29.4. The summed E-state index contributed by atoms with van der Waals surface area (Å²) in [5.74, 6) is 0. The van der Waals surface area contributed by atoms with Crippen molar-refractivity contribution in [3.8, 4) is 22.3 Å². The summed E-state index contributed by atoms with van der Waals surface area (Å²) >= 11 is 0. The van der Waals surface area contributed by atoms with Crippen molar-refractivity contribution in [2.24, 2.45) is 0 Å². The number of rotatable bonds is 5. The maximum atomic E-state index is 6.56. The third kappa shape index (κ3) is 4.76. The molecule has 0 saturated heterocycles. The molecule has 0 radical (unpaired) electrons. The minimum atomic E-state index is -0.169. The number of allylic oxidation sites excluding steroid dienone is 1. The van der Waals surface area contributed by atoms with E-state index in [0.29, 0.717) is 0 Å². The van der Waals surface area contributed by atoms with Crippen LogP contribution in [-0.4, -0.2) is 0 Å². The van der Waals surface area contributed by atoms with Crippen LogP contribution in [0.5, 0.6) is 0 Å². The molecular weight excluding hydrogens is 605 g/mol. The van der Waals surface area contributed by atoms with Crippen molar-refractivity contribution in [3.63, 3.8) is 0 Å². The third-order valence-corrected chi connectivity index (χ3v) is 11.0. The second-order valence-corrected chi connectivity index (χ2v) is 14.7. The van der Waals surface area contributed by atoms with Gasteiger partial charge >= 0.3 is 0 Å². The molecule has 50 heavy (non-hydrogen) atoms. The molecule has 1 aromatic heterocycles. The zero-order valence-electron chi connectivity index (χ0n) is 29.4. The fraction of sp³-hybridized carbons (Fsp3) is 0.143. The zero-order chi connectivity index (χ0) is 34.1. The van der Waals surface area contributed by atoms with E-state index < -0.39 is 0 Å². The van der Waals surface area contributed by atoms with Crippen LogP contribution in [0.4, 0.5) is 0 Å². The summed E-state index contributed by atoms with van der Waals surface area (Å²) in [5.41, 5.74) is 18.7. The Balaban J connectivity index is 1.23. The van der Waals surface area contributed by atoms with Gasteiger partial charge in [0.05, 0.1) is 0 Å². The molecule has 242 valence electrons. The molecule has 1 nitrogen and oxygen atoms in total. The first-order valence-electron chi connectivity index (χ1n) is 17.7. The number of para-hydroxylation sites is 2. The lowest BCUT2D eigenvalue weighted by molar-refractivity contribution is 0.661. The van der Waals surface area contributed by atoms with E-state index in [9.17, 15) is 0 Å². The van der Waals surface area contributed by atoms with Crippen LogP contribution >= 0.6 is 0 Å². The Kier molecular flexibility index (Phi) is 6.97. The number of fused-ring (bicyclic) bond motifs is 8. The fourth-order valence-corrected chi connectivity index (χ4v) is 8.74. The number of hydrogen-bond acceptors (Lipinski definition) is 1. The van der Waals surface area contributed by atoms with E-state index >= 15 is 0 Å². The van der Waals surface area contributed by atoms with E-state index in [1.54, 1.807) is 0 Å². The van der Waals surface area contributed by atoms with E-state index in [-0.39, 0.29) is 5.41 Å². The molecule has 0 atom stereocenters. The Morgan fingerprint density at radius 3 is 2.04 bits per heavy atom. The van der Waals surface area contributed by atoms with Gasteiger partial charge in [0.2, 0.25) is 0 Å². The smallest absolute Gasteiger partial charge is 0.142 e. The molecule has 1 aliphatic carbocycles. The highest BCUT2D eigenvalue weighted by Crippen LogP contribution is 2.54. The molecule has 0 spiro atoms. The highest BCUT2D eigenvalue weighted by atomic mass is 16.3. The molecule has 0 bridgehead atoms. The molecule has 0 N–H and O–H groups in total. The van der Waals surface area contributed by atoms with Crippen molar-refractivity contribution in [1.29, 1.82) is 0 Å². The summed E-state index contributed by atoms with van der Waals surface area (Å²) in [6, 6.07) is 49.0. The van der Waals surface area contributed by atoms with Crippen molar-refractivity contribution in [3.05, 3.63) is 178 Å². The summed E-state index contributed by atoms with van der Waals surface area (Å²) in [5, 5.41) is 4.96. The molecule has 1 heteroatoms. The Bertz CT molecular complexity index is 2640. The fourth-order valence-electron chi connectivity index (χ4n) is 8.74. The molecular formula is C49H40O. The molecule has 7 aromatic carbocycles. The second-order valence-electron chi connectivity index (χ2n) is 14.7. The molecule has 0 amide bonds. The second kappa shape index (κ2) is 11.5. The lowest BCUT2D eigenvalue weighted by Gasteiger charge is -2.24. The number of benzene rings is 7. The molecule has 0 aliphatic heterocycles. The maximum Gasteiger partial charge on any atom is 0.142 e. The van der Waals surface area contributed by atoms with E-state index in [2.05, 4.69) is 168 Å². The minimum Gasteiger partial charge on any atom is -0.455 e. The van der Waals surface area contributed by atoms with Gasteiger partial charge in [0.1, 0.15) is 11.2 Å². The summed E-state index contributed by atoms with van der Waals surface area (Å²) in [4.78, 5) is 0. The highest BCUT2D eigenvalue weighted by molar-refractivity contribution is 6.11. The largest absolute Gasteiger partial charge is 0.455 e. The maximum absolute atomic E-state index is 6.56. The van der Waals surface area contributed by atoms with Gasteiger partial charge in [0.15, 0.2) is 0 Å². The van der Waals surface area contributed by atoms with E-state index in [1.807, 2.05) is 6.07 Å². The van der Waals surface area contributed by atoms with E-state index in [1.165, 1.54) is 77.5 Å². The topological polar surface area (TPSA) is 13.1 Å². The van der Waals surface area contributed by atoms with Gasteiger partial charge in [-0.3, -0.25) is 0 Å². The van der Waals surface area contributed by atoms with Crippen molar-refractivity contribution < 1.29 is 4.42 Å². The monoisotopic (exact) mass is 644 g/mol. The van der Waals surface area contributed by atoms with Crippen molar-refractivity contribution in [2.45, 2.75) is 46.5 Å². The van der Waals surface area contributed by atoms with Gasteiger partial charge in [-0.1, -0.05) is 147 Å². The van der Waals surface area contributed by atoms with Gasteiger partial charge < -0.3 is 4.42 Å². The van der Waals surface area contributed by atoms with Crippen LogP contribution in [0.15, 0.2) is 138 Å². The van der Waals surface area contributed by atoms with Crippen LogP contribution in [0.1, 0.15) is 58.4 Å².